The lowest BCUT2D eigenvalue weighted by Crippen LogP contribution is -2.47. The third-order valence-corrected chi connectivity index (χ3v) is 4.20. The van der Waals surface area contributed by atoms with Crippen molar-refractivity contribution >= 4 is 17.4 Å². The first kappa shape index (κ1) is 16.0. The van der Waals surface area contributed by atoms with Crippen LogP contribution in [0.2, 0.25) is 0 Å². The number of amides is 2. The van der Waals surface area contributed by atoms with E-state index in [1.807, 2.05) is 20.8 Å². The molecule has 5 heteroatoms. The molecule has 0 aliphatic rings. The molecule has 0 spiro atoms. The Morgan fingerprint density at radius 1 is 1.32 bits per heavy atom. The monoisotopic (exact) mass is 284 g/mol. The van der Waals surface area contributed by atoms with Crippen LogP contribution in [0.5, 0.6) is 0 Å². The molecule has 1 heterocycles. The summed E-state index contributed by atoms with van der Waals surface area (Å²) in [7, 11) is 0. The molecule has 1 rings (SSSR count). The molecule has 1 aromatic heterocycles. The van der Waals surface area contributed by atoms with Crippen LogP contribution < -0.4 is 10.6 Å². The second-order valence-corrected chi connectivity index (χ2v) is 6.56. The zero-order valence-corrected chi connectivity index (χ0v) is 12.9. The number of aryl methyl sites for hydroxylation is 1. The summed E-state index contributed by atoms with van der Waals surface area (Å²) in [5.74, 6) is 0.0565. The number of aliphatic hydroxyl groups excluding tert-OH is 1. The number of rotatable bonds is 6. The van der Waals surface area contributed by atoms with Crippen molar-refractivity contribution in [2.45, 2.75) is 46.2 Å². The first-order chi connectivity index (χ1) is 8.92. The molecule has 0 aliphatic heterocycles. The predicted octanol–water partition coefficient (Wildman–Crippen LogP) is 2.30. The van der Waals surface area contributed by atoms with E-state index in [1.165, 1.54) is 9.75 Å². The lowest BCUT2D eigenvalue weighted by Gasteiger charge is -2.21. The maximum absolute atomic E-state index is 11.8. The van der Waals surface area contributed by atoms with Gasteiger partial charge in [0.05, 0.1) is 0 Å². The van der Waals surface area contributed by atoms with E-state index in [-0.39, 0.29) is 30.6 Å². The minimum atomic E-state index is -0.173. The molecule has 0 saturated carbocycles. The van der Waals surface area contributed by atoms with Crippen LogP contribution in [0.4, 0.5) is 4.79 Å². The number of hydrogen-bond donors (Lipinski definition) is 3. The van der Waals surface area contributed by atoms with Gasteiger partial charge in [-0.2, -0.15) is 0 Å². The molecule has 0 fully saturated rings. The number of urea groups is 1. The molecule has 3 atom stereocenters. The minimum absolute atomic E-state index is 0.0406. The van der Waals surface area contributed by atoms with Crippen molar-refractivity contribution in [1.29, 1.82) is 0 Å². The van der Waals surface area contributed by atoms with E-state index in [9.17, 15) is 4.79 Å². The Bertz CT molecular complexity index is 406. The lowest BCUT2D eigenvalue weighted by atomic mass is 10.1. The summed E-state index contributed by atoms with van der Waals surface area (Å²) in [5.41, 5.74) is 0. The van der Waals surface area contributed by atoms with Gasteiger partial charge >= 0.3 is 6.03 Å². The normalized spacial score (nSPS) is 15.6. The molecule has 2 amide bonds. The molecule has 3 unspecified atom stereocenters. The smallest absolute Gasteiger partial charge is 0.315 e. The largest absolute Gasteiger partial charge is 0.396 e. The molecule has 4 nitrogen and oxygen atoms in total. The van der Waals surface area contributed by atoms with Gasteiger partial charge in [-0.05, 0) is 38.8 Å². The van der Waals surface area contributed by atoms with Gasteiger partial charge in [0, 0.05) is 34.9 Å². The standard InChI is InChI=1S/C14H24N2O2S/c1-9(8-17)12(4)16-14(18)15-10(2)7-13-6-5-11(3)19-13/h5-6,9-10,12,17H,7-8H2,1-4H3,(H2,15,16,18). The first-order valence-corrected chi connectivity index (χ1v) is 7.47. The molecule has 3 N–H and O–H groups in total. The number of carbonyl (C=O) groups excluding carboxylic acids is 1. The third kappa shape index (κ3) is 5.61. The lowest BCUT2D eigenvalue weighted by molar-refractivity contribution is 0.199. The average molecular weight is 284 g/mol. The molecule has 0 saturated heterocycles. The quantitative estimate of drug-likeness (QED) is 0.750. The fourth-order valence-corrected chi connectivity index (χ4v) is 2.74. The highest BCUT2D eigenvalue weighted by Crippen LogP contribution is 2.16. The Morgan fingerprint density at radius 3 is 2.53 bits per heavy atom. The molecule has 108 valence electrons. The first-order valence-electron chi connectivity index (χ1n) is 6.65. The molecule has 19 heavy (non-hydrogen) atoms. The highest BCUT2D eigenvalue weighted by atomic mass is 32.1. The SMILES string of the molecule is Cc1ccc(CC(C)NC(=O)NC(C)C(C)CO)s1. The van der Waals surface area contributed by atoms with Crippen molar-refractivity contribution in [3.8, 4) is 0 Å². The Balaban J connectivity index is 2.35. The minimum Gasteiger partial charge on any atom is -0.396 e. The van der Waals surface area contributed by atoms with Crippen molar-refractivity contribution in [3.63, 3.8) is 0 Å². The van der Waals surface area contributed by atoms with E-state index in [4.69, 9.17) is 5.11 Å². The van der Waals surface area contributed by atoms with Gasteiger partial charge in [0.15, 0.2) is 0 Å². The summed E-state index contributed by atoms with van der Waals surface area (Å²) in [6.45, 7) is 7.95. The van der Waals surface area contributed by atoms with Crippen molar-refractivity contribution in [2.75, 3.05) is 6.61 Å². The van der Waals surface area contributed by atoms with Crippen LogP contribution in [0.1, 0.15) is 30.5 Å². The molecule has 0 bridgehead atoms. The summed E-state index contributed by atoms with van der Waals surface area (Å²) in [5, 5.41) is 14.8. The van der Waals surface area contributed by atoms with Crippen LogP contribution in [0, 0.1) is 12.8 Å². The Hall–Kier alpha value is -1.07. The molecular formula is C14H24N2O2S. The summed E-state index contributed by atoms with van der Waals surface area (Å²) in [4.78, 5) is 14.3. The molecule has 1 aromatic rings. The van der Waals surface area contributed by atoms with Gasteiger partial charge in [-0.15, -0.1) is 11.3 Å². The summed E-state index contributed by atoms with van der Waals surface area (Å²) >= 11 is 1.76. The van der Waals surface area contributed by atoms with Gasteiger partial charge in [0.2, 0.25) is 0 Å². The van der Waals surface area contributed by atoms with Crippen molar-refractivity contribution < 1.29 is 9.90 Å². The molecule has 0 radical (unpaired) electrons. The van der Waals surface area contributed by atoms with E-state index in [1.54, 1.807) is 11.3 Å². The second-order valence-electron chi connectivity index (χ2n) is 5.18. The van der Waals surface area contributed by atoms with E-state index in [0.29, 0.717) is 0 Å². The topological polar surface area (TPSA) is 61.4 Å². The van der Waals surface area contributed by atoms with Crippen LogP contribution in [0.3, 0.4) is 0 Å². The Labute approximate surface area is 119 Å². The van der Waals surface area contributed by atoms with E-state index in [2.05, 4.69) is 29.7 Å². The number of nitrogens with one attached hydrogen (secondary N) is 2. The van der Waals surface area contributed by atoms with Crippen LogP contribution in [0.25, 0.3) is 0 Å². The van der Waals surface area contributed by atoms with Gasteiger partial charge in [-0.3, -0.25) is 0 Å². The predicted molar refractivity (Wildman–Crippen MR) is 79.6 cm³/mol. The Morgan fingerprint density at radius 2 is 2.00 bits per heavy atom. The molecule has 0 aliphatic carbocycles. The van der Waals surface area contributed by atoms with Gasteiger partial charge in [0.25, 0.3) is 0 Å². The summed E-state index contributed by atoms with van der Waals surface area (Å²) < 4.78 is 0. The van der Waals surface area contributed by atoms with E-state index in [0.717, 1.165) is 6.42 Å². The summed E-state index contributed by atoms with van der Waals surface area (Å²) in [6.07, 6.45) is 0.843. The van der Waals surface area contributed by atoms with Gasteiger partial charge in [-0.25, -0.2) is 4.79 Å². The molecular weight excluding hydrogens is 260 g/mol. The van der Waals surface area contributed by atoms with Crippen molar-refractivity contribution in [3.05, 3.63) is 21.9 Å². The van der Waals surface area contributed by atoms with Gasteiger partial charge < -0.3 is 15.7 Å². The second kappa shape index (κ2) is 7.50. The fourth-order valence-electron chi connectivity index (χ4n) is 1.72. The Kier molecular flexibility index (Phi) is 6.31. The highest BCUT2D eigenvalue weighted by molar-refractivity contribution is 7.11. The van der Waals surface area contributed by atoms with Gasteiger partial charge in [0.1, 0.15) is 0 Å². The van der Waals surface area contributed by atoms with Crippen LogP contribution in [-0.2, 0) is 6.42 Å². The van der Waals surface area contributed by atoms with E-state index >= 15 is 0 Å². The highest BCUT2D eigenvalue weighted by Gasteiger charge is 2.15. The van der Waals surface area contributed by atoms with Crippen molar-refractivity contribution in [1.82, 2.24) is 10.6 Å². The zero-order chi connectivity index (χ0) is 14.4. The summed E-state index contributed by atoms with van der Waals surface area (Å²) in [6, 6.07) is 4.08. The number of hydrogen-bond acceptors (Lipinski definition) is 3. The third-order valence-electron chi connectivity index (χ3n) is 3.18. The van der Waals surface area contributed by atoms with Crippen LogP contribution in [0.15, 0.2) is 12.1 Å². The number of carbonyl (C=O) groups is 1. The van der Waals surface area contributed by atoms with Crippen LogP contribution in [-0.4, -0.2) is 29.8 Å². The average Bonchev–Trinajstić information content (AvgIpc) is 2.72. The van der Waals surface area contributed by atoms with E-state index < -0.39 is 0 Å². The fraction of sp³-hybridized carbons (Fsp3) is 0.643. The maximum atomic E-state index is 11.8. The maximum Gasteiger partial charge on any atom is 0.315 e. The molecule has 0 aromatic carbocycles. The zero-order valence-electron chi connectivity index (χ0n) is 12.1. The number of thiophene rings is 1. The van der Waals surface area contributed by atoms with Gasteiger partial charge in [-0.1, -0.05) is 6.92 Å². The van der Waals surface area contributed by atoms with Crippen LogP contribution >= 0.6 is 11.3 Å². The van der Waals surface area contributed by atoms with Crippen molar-refractivity contribution in [2.24, 2.45) is 5.92 Å². The number of aliphatic hydroxyl groups is 1.